The zero-order valence-corrected chi connectivity index (χ0v) is 35.1. The van der Waals surface area contributed by atoms with E-state index in [4.69, 9.17) is 9.47 Å². The zero-order valence-electron chi connectivity index (χ0n) is 35.1. The molecule has 2 amide bonds. The van der Waals surface area contributed by atoms with Gasteiger partial charge in [0, 0.05) is 13.0 Å². The molecule has 4 N–H and O–H groups in total. The Labute approximate surface area is 335 Å². The molecule has 1 aliphatic rings. The summed E-state index contributed by atoms with van der Waals surface area (Å²) in [6.07, 6.45) is 27.6. The van der Waals surface area contributed by atoms with Crippen molar-refractivity contribution in [2.75, 3.05) is 13.2 Å². The minimum Gasteiger partial charge on any atom is -0.445 e. The molecule has 0 aromatic heterocycles. The van der Waals surface area contributed by atoms with Gasteiger partial charge in [0.05, 0.1) is 6.61 Å². The summed E-state index contributed by atoms with van der Waals surface area (Å²) in [6, 6.07) is 8.14. The van der Waals surface area contributed by atoms with Crippen molar-refractivity contribution in [1.82, 2.24) is 10.2 Å². The molecule has 1 aromatic carbocycles. The molecule has 9 nitrogen and oxygen atoms in total. The van der Waals surface area contributed by atoms with Crippen molar-refractivity contribution in [2.24, 2.45) is 0 Å². The van der Waals surface area contributed by atoms with Crippen molar-refractivity contribution in [1.29, 1.82) is 0 Å². The van der Waals surface area contributed by atoms with Crippen molar-refractivity contribution >= 4 is 12.0 Å². The topological polar surface area (TPSA) is 129 Å². The van der Waals surface area contributed by atoms with Crippen LogP contribution in [0, 0.1) is 0 Å². The van der Waals surface area contributed by atoms with Crippen LogP contribution < -0.4 is 5.32 Å². The van der Waals surface area contributed by atoms with Crippen molar-refractivity contribution in [3.63, 3.8) is 0 Å². The standard InChI is InChI=1S/C46H82N2O7/c1-3-5-7-9-11-13-15-16-17-18-19-21-23-25-27-32-36-48(41(50)35-31-26-24-22-20-14-12-10-8-6-4-2)45-42(44(52)43(51)40(37-49)55-45)47-46(53)54-38-39-33-29-28-30-34-39/h28-30,33-34,40,42-45,49,51-52H,3-27,31-32,35-38H2,1-2H3,(H,47,53)/t40-,42-,43-,44-,45-/m1/s1. The molecule has 0 unspecified atom stereocenters. The number of alkyl carbamates (subject to hydrolysis) is 1. The molecule has 9 heteroatoms. The van der Waals surface area contributed by atoms with E-state index in [-0.39, 0.29) is 12.5 Å². The molecule has 2 rings (SSSR count). The maximum Gasteiger partial charge on any atom is 0.407 e. The third-order valence-corrected chi connectivity index (χ3v) is 11.3. The number of ether oxygens (including phenoxy) is 2. The van der Waals surface area contributed by atoms with Crippen LogP contribution in [0.1, 0.15) is 199 Å². The van der Waals surface area contributed by atoms with Gasteiger partial charge in [-0.3, -0.25) is 4.79 Å². The fourth-order valence-electron chi connectivity index (χ4n) is 7.73. The first-order valence-corrected chi connectivity index (χ1v) is 22.8. The van der Waals surface area contributed by atoms with Crippen LogP contribution >= 0.6 is 0 Å². The van der Waals surface area contributed by atoms with Crippen LogP contribution in [-0.4, -0.2) is 76.0 Å². The van der Waals surface area contributed by atoms with Gasteiger partial charge in [0.25, 0.3) is 0 Å². The predicted octanol–water partition coefficient (Wildman–Crippen LogP) is 10.5. The van der Waals surface area contributed by atoms with E-state index in [9.17, 15) is 24.9 Å². The molecular formula is C46H82N2O7. The largest absolute Gasteiger partial charge is 0.445 e. The van der Waals surface area contributed by atoms with Crippen LogP contribution in [0.25, 0.3) is 0 Å². The fraction of sp³-hybridized carbons (Fsp3) is 0.826. The smallest absolute Gasteiger partial charge is 0.407 e. The van der Waals surface area contributed by atoms with Gasteiger partial charge in [-0.15, -0.1) is 0 Å². The summed E-state index contributed by atoms with van der Waals surface area (Å²) in [6.45, 7) is 4.41. The Morgan fingerprint density at radius 3 is 1.53 bits per heavy atom. The maximum absolute atomic E-state index is 13.9. The van der Waals surface area contributed by atoms with Crippen LogP contribution in [0.15, 0.2) is 30.3 Å². The number of aliphatic hydroxyl groups excluding tert-OH is 3. The number of nitrogens with one attached hydrogen (secondary N) is 1. The second-order valence-electron chi connectivity index (χ2n) is 16.1. The second kappa shape index (κ2) is 32.8. The molecule has 0 spiro atoms. The van der Waals surface area contributed by atoms with Gasteiger partial charge in [0.2, 0.25) is 5.91 Å². The van der Waals surface area contributed by atoms with E-state index in [0.717, 1.165) is 44.1 Å². The van der Waals surface area contributed by atoms with Gasteiger partial charge in [-0.1, -0.05) is 205 Å². The normalized spacial score (nSPS) is 19.7. The van der Waals surface area contributed by atoms with Crippen LogP contribution in [0.4, 0.5) is 4.79 Å². The highest BCUT2D eigenvalue weighted by molar-refractivity contribution is 5.76. The predicted molar refractivity (Wildman–Crippen MR) is 224 cm³/mol. The number of carbonyl (C=O) groups excluding carboxylic acids is 2. The third-order valence-electron chi connectivity index (χ3n) is 11.3. The van der Waals surface area contributed by atoms with E-state index < -0.39 is 43.3 Å². The van der Waals surface area contributed by atoms with Crippen LogP contribution in [0.2, 0.25) is 0 Å². The van der Waals surface area contributed by atoms with Gasteiger partial charge < -0.3 is 35.0 Å². The van der Waals surface area contributed by atoms with Crippen LogP contribution in [0.3, 0.4) is 0 Å². The number of benzene rings is 1. The van der Waals surface area contributed by atoms with Crippen molar-refractivity contribution in [3.8, 4) is 0 Å². The highest BCUT2D eigenvalue weighted by Crippen LogP contribution is 2.26. The molecule has 1 aliphatic heterocycles. The lowest BCUT2D eigenvalue weighted by atomic mass is 9.95. The van der Waals surface area contributed by atoms with Crippen LogP contribution in [0.5, 0.6) is 0 Å². The van der Waals surface area contributed by atoms with E-state index >= 15 is 0 Å². The highest BCUT2D eigenvalue weighted by atomic mass is 16.6. The van der Waals surface area contributed by atoms with E-state index in [1.807, 2.05) is 30.3 Å². The summed E-state index contributed by atoms with van der Waals surface area (Å²) >= 11 is 0. The lowest BCUT2D eigenvalue weighted by Crippen LogP contribution is -2.68. The first kappa shape index (κ1) is 48.9. The molecule has 0 aliphatic carbocycles. The minimum absolute atomic E-state index is 0.0313. The minimum atomic E-state index is -1.47. The Balaban J connectivity index is 1.89. The zero-order chi connectivity index (χ0) is 39.8. The summed E-state index contributed by atoms with van der Waals surface area (Å²) in [5, 5.41) is 34.7. The molecule has 318 valence electrons. The third kappa shape index (κ3) is 22.4. The van der Waals surface area contributed by atoms with E-state index in [1.54, 1.807) is 4.90 Å². The van der Waals surface area contributed by atoms with Crippen molar-refractivity contribution in [2.45, 2.75) is 231 Å². The monoisotopic (exact) mass is 775 g/mol. The average molecular weight is 775 g/mol. The molecule has 1 saturated heterocycles. The van der Waals surface area contributed by atoms with Gasteiger partial charge in [-0.25, -0.2) is 4.79 Å². The SMILES string of the molecule is CCCCCCCCCCCCCCCCCCN(C(=O)CCCCCCCCCCCCC)[C@@H]1O[C@H](CO)[C@@H](O)[C@H](O)[C@H]1NC(=O)OCc1ccccc1. The van der Waals surface area contributed by atoms with Crippen molar-refractivity contribution < 1.29 is 34.4 Å². The Hall–Kier alpha value is -2.20. The highest BCUT2D eigenvalue weighted by Gasteiger charge is 2.48. The molecular weight excluding hydrogens is 693 g/mol. The molecule has 0 bridgehead atoms. The van der Waals surface area contributed by atoms with Gasteiger partial charge in [-0.2, -0.15) is 0 Å². The first-order chi connectivity index (χ1) is 26.9. The van der Waals surface area contributed by atoms with E-state index in [2.05, 4.69) is 19.2 Å². The molecule has 1 fully saturated rings. The second-order valence-corrected chi connectivity index (χ2v) is 16.1. The molecule has 1 aromatic rings. The number of nitrogens with zero attached hydrogens (tertiary/aromatic N) is 1. The lowest BCUT2D eigenvalue weighted by Gasteiger charge is -2.46. The molecule has 0 radical (unpaired) electrons. The summed E-state index contributed by atoms with van der Waals surface area (Å²) in [4.78, 5) is 28.5. The Morgan fingerprint density at radius 2 is 1.07 bits per heavy atom. The van der Waals surface area contributed by atoms with Gasteiger partial charge in [-0.05, 0) is 18.4 Å². The lowest BCUT2D eigenvalue weighted by molar-refractivity contribution is -0.230. The van der Waals surface area contributed by atoms with Crippen LogP contribution in [-0.2, 0) is 20.9 Å². The average Bonchev–Trinajstić information content (AvgIpc) is 3.20. The van der Waals surface area contributed by atoms with Gasteiger partial charge >= 0.3 is 6.09 Å². The quantitative estimate of drug-likeness (QED) is 0.0513. The fourth-order valence-corrected chi connectivity index (χ4v) is 7.73. The number of carbonyl (C=O) groups is 2. The van der Waals surface area contributed by atoms with Crippen molar-refractivity contribution in [3.05, 3.63) is 35.9 Å². The van der Waals surface area contributed by atoms with Gasteiger partial charge in [0.1, 0.15) is 31.0 Å². The summed E-state index contributed by atoms with van der Waals surface area (Å²) in [5.41, 5.74) is 0.808. The van der Waals surface area contributed by atoms with Gasteiger partial charge in [0.15, 0.2) is 6.23 Å². The number of rotatable bonds is 34. The molecule has 0 saturated carbocycles. The van der Waals surface area contributed by atoms with E-state index in [0.29, 0.717) is 13.0 Å². The molecule has 55 heavy (non-hydrogen) atoms. The molecule has 1 heterocycles. The number of hydrogen-bond donors (Lipinski definition) is 4. The summed E-state index contributed by atoms with van der Waals surface area (Å²) < 4.78 is 11.6. The summed E-state index contributed by atoms with van der Waals surface area (Å²) in [5.74, 6) is -0.105. The number of hydrogen-bond acceptors (Lipinski definition) is 7. The summed E-state index contributed by atoms with van der Waals surface area (Å²) in [7, 11) is 0. The number of unbranched alkanes of at least 4 members (excludes halogenated alkanes) is 25. The Kier molecular flexibility index (Phi) is 29.2. The first-order valence-electron chi connectivity index (χ1n) is 22.8. The molecule has 5 atom stereocenters. The Morgan fingerprint density at radius 1 is 0.636 bits per heavy atom. The Bertz CT molecular complexity index is 1060. The maximum atomic E-state index is 13.9. The van der Waals surface area contributed by atoms with E-state index in [1.165, 1.54) is 135 Å². The number of aliphatic hydroxyl groups is 3. The number of amides is 2.